The van der Waals surface area contributed by atoms with Crippen LogP contribution in [0.15, 0.2) is 60.0 Å². The first kappa shape index (κ1) is 21.1. The lowest BCUT2D eigenvalue weighted by Gasteiger charge is -2.08. The Bertz CT molecular complexity index is 993. The second-order valence-electron chi connectivity index (χ2n) is 6.53. The number of hydrogen-bond donors (Lipinski definition) is 2. The van der Waals surface area contributed by atoms with Crippen LogP contribution in [0.25, 0.3) is 22.6 Å². The highest BCUT2D eigenvalue weighted by Crippen LogP contribution is 2.32. The molecule has 4 nitrogen and oxygen atoms in total. The highest BCUT2D eigenvalue weighted by atomic mass is 35.5. The van der Waals surface area contributed by atoms with Crippen molar-refractivity contribution in [3.63, 3.8) is 0 Å². The summed E-state index contributed by atoms with van der Waals surface area (Å²) in [5, 5.41) is 25.9. The maximum absolute atomic E-state index is 10.4. The lowest BCUT2D eigenvalue weighted by atomic mass is 10.1. The van der Waals surface area contributed by atoms with E-state index in [0.29, 0.717) is 15.6 Å². The number of thiazole rings is 1. The smallest absolute Gasteiger partial charge is 0.145 e. The number of aliphatic hydroxyl groups excluding tert-OH is 1. The lowest BCUT2D eigenvalue weighted by molar-refractivity contribution is 0.514. The van der Waals surface area contributed by atoms with Crippen LogP contribution in [0.2, 0.25) is 5.02 Å². The third-order valence-corrected chi connectivity index (χ3v) is 5.66. The van der Waals surface area contributed by atoms with Crippen molar-refractivity contribution >= 4 is 34.3 Å². The average molecular weight is 424 g/mol. The van der Waals surface area contributed by atoms with Gasteiger partial charge in [-0.2, -0.15) is 5.26 Å². The van der Waals surface area contributed by atoms with Crippen LogP contribution >= 0.6 is 22.9 Å². The van der Waals surface area contributed by atoms with Crippen LogP contribution < -0.4 is 5.32 Å². The first-order valence-corrected chi connectivity index (χ1v) is 10.8. The van der Waals surface area contributed by atoms with Gasteiger partial charge in [0, 0.05) is 16.5 Å². The number of allylic oxidation sites excluding steroid dienone is 1. The van der Waals surface area contributed by atoms with Gasteiger partial charge in [0.05, 0.1) is 10.7 Å². The van der Waals surface area contributed by atoms with Crippen LogP contribution in [0.3, 0.4) is 0 Å². The Morgan fingerprint density at radius 3 is 2.31 bits per heavy atom. The number of piperidine rings is 1. The lowest BCUT2D eigenvalue weighted by Crippen LogP contribution is -2.21. The fourth-order valence-corrected chi connectivity index (χ4v) is 3.97. The van der Waals surface area contributed by atoms with Crippen LogP contribution in [0.4, 0.5) is 0 Å². The Balaban J connectivity index is 0.000000343. The fourth-order valence-electron chi connectivity index (χ4n) is 2.92. The van der Waals surface area contributed by atoms with Gasteiger partial charge < -0.3 is 10.4 Å². The third kappa shape index (κ3) is 5.68. The molecule has 0 spiro atoms. The summed E-state index contributed by atoms with van der Waals surface area (Å²) in [5.74, 6) is -0.160. The van der Waals surface area contributed by atoms with E-state index in [1.54, 1.807) is 24.3 Å². The first-order valence-electron chi connectivity index (χ1n) is 9.51. The molecule has 1 aliphatic heterocycles. The number of aliphatic hydroxyl groups is 1. The summed E-state index contributed by atoms with van der Waals surface area (Å²) in [6.45, 7) is 2.50. The summed E-state index contributed by atoms with van der Waals surface area (Å²) in [7, 11) is 0. The Labute approximate surface area is 180 Å². The predicted molar refractivity (Wildman–Crippen MR) is 121 cm³/mol. The Hall–Kier alpha value is -2.65. The molecular formula is C23H22ClN3OS. The van der Waals surface area contributed by atoms with E-state index in [2.05, 4.69) is 10.3 Å². The normalized spacial score (nSPS) is 14.2. The van der Waals surface area contributed by atoms with Crippen molar-refractivity contribution in [3.8, 4) is 17.3 Å². The maximum atomic E-state index is 10.4. The maximum Gasteiger partial charge on any atom is 0.145 e. The second-order valence-corrected chi connectivity index (χ2v) is 7.80. The molecule has 2 heterocycles. The van der Waals surface area contributed by atoms with Gasteiger partial charge in [-0.25, -0.2) is 4.98 Å². The van der Waals surface area contributed by atoms with E-state index in [4.69, 9.17) is 11.6 Å². The van der Waals surface area contributed by atoms with Crippen LogP contribution in [0, 0.1) is 11.3 Å². The number of rotatable bonds is 3. The molecule has 0 radical (unpaired) electrons. The van der Waals surface area contributed by atoms with Crippen molar-refractivity contribution in [1.82, 2.24) is 10.3 Å². The number of nitriles is 1. The molecule has 1 fully saturated rings. The van der Waals surface area contributed by atoms with Gasteiger partial charge in [-0.15, -0.1) is 11.3 Å². The molecule has 1 saturated heterocycles. The summed E-state index contributed by atoms with van der Waals surface area (Å²) in [6, 6.07) is 18.6. The van der Waals surface area contributed by atoms with E-state index in [1.165, 1.54) is 43.7 Å². The van der Waals surface area contributed by atoms with Gasteiger partial charge in [0.1, 0.15) is 22.4 Å². The standard InChI is InChI=1S/C18H11ClN2OS.C5H11N/c19-15-9-5-4-8-13(15)17(22)14(10-20)18-21-16(11-23-18)12-6-2-1-3-7-12;1-2-4-6-5-3-1/h1-9,11,22H;6H,1-5H2. The van der Waals surface area contributed by atoms with E-state index in [0.717, 1.165) is 11.3 Å². The van der Waals surface area contributed by atoms with Gasteiger partial charge in [0.25, 0.3) is 0 Å². The number of halogens is 1. The number of benzene rings is 2. The van der Waals surface area contributed by atoms with Crippen molar-refractivity contribution < 1.29 is 5.11 Å². The van der Waals surface area contributed by atoms with Crippen molar-refractivity contribution in [2.75, 3.05) is 13.1 Å². The summed E-state index contributed by atoms with van der Waals surface area (Å²) >= 11 is 7.40. The Kier molecular flexibility index (Phi) is 7.83. The van der Waals surface area contributed by atoms with E-state index in [9.17, 15) is 10.4 Å². The second kappa shape index (κ2) is 10.8. The molecule has 29 heavy (non-hydrogen) atoms. The fraction of sp³-hybridized carbons (Fsp3) is 0.217. The molecule has 1 aromatic heterocycles. The minimum atomic E-state index is -0.160. The van der Waals surface area contributed by atoms with Crippen molar-refractivity contribution in [2.45, 2.75) is 19.3 Å². The molecule has 4 rings (SSSR count). The molecule has 3 aromatic rings. The SMILES string of the molecule is C1CCNCC1.N#CC(=C(O)c1ccccc1Cl)c1nc(-c2ccccc2)cs1. The van der Waals surface area contributed by atoms with E-state index in [1.807, 2.05) is 41.8 Å². The third-order valence-electron chi connectivity index (χ3n) is 4.47. The molecule has 0 bridgehead atoms. The minimum absolute atomic E-state index is 0.116. The van der Waals surface area contributed by atoms with Crippen molar-refractivity contribution in [1.29, 1.82) is 5.26 Å². The molecule has 2 N–H and O–H groups in total. The largest absolute Gasteiger partial charge is 0.506 e. The Morgan fingerprint density at radius 2 is 1.72 bits per heavy atom. The highest BCUT2D eigenvalue weighted by molar-refractivity contribution is 7.11. The molecular weight excluding hydrogens is 402 g/mol. The van der Waals surface area contributed by atoms with Gasteiger partial charge >= 0.3 is 0 Å². The van der Waals surface area contributed by atoms with E-state index >= 15 is 0 Å². The number of nitrogens with one attached hydrogen (secondary N) is 1. The topological polar surface area (TPSA) is 68.9 Å². The zero-order valence-corrected chi connectivity index (χ0v) is 17.5. The zero-order valence-electron chi connectivity index (χ0n) is 15.9. The monoisotopic (exact) mass is 423 g/mol. The van der Waals surface area contributed by atoms with Gasteiger partial charge in [0.15, 0.2) is 0 Å². The molecule has 0 saturated carbocycles. The molecule has 148 valence electrons. The Morgan fingerprint density at radius 1 is 1.03 bits per heavy atom. The molecule has 0 unspecified atom stereocenters. The predicted octanol–water partition coefficient (Wildman–Crippen LogP) is 6.17. The summed E-state index contributed by atoms with van der Waals surface area (Å²) in [6.07, 6.45) is 4.22. The van der Waals surface area contributed by atoms with Crippen LogP contribution in [0.5, 0.6) is 0 Å². The van der Waals surface area contributed by atoms with Crippen molar-refractivity contribution in [3.05, 3.63) is 75.6 Å². The summed E-state index contributed by atoms with van der Waals surface area (Å²) in [5.41, 5.74) is 2.27. The number of aromatic nitrogens is 1. The number of hydrogen-bond acceptors (Lipinski definition) is 5. The van der Waals surface area contributed by atoms with Crippen LogP contribution in [-0.2, 0) is 0 Å². The molecule has 0 amide bonds. The van der Waals surface area contributed by atoms with Crippen LogP contribution in [-0.4, -0.2) is 23.2 Å². The van der Waals surface area contributed by atoms with Gasteiger partial charge in [-0.3, -0.25) is 0 Å². The zero-order chi connectivity index (χ0) is 20.5. The first-order chi connectivity index (χ1) is 14.2. The average Bonchev–Trinajstić information content (AvgIpc) is 3.27. The van der Waals surface area contributed by atoms with Gasteiger partial charge in [-0.1, -0.05) is 60.5 Å². The van der Waals surface area contributed by atoms with Gasteiger partial charge in [0.2, 0.25) is 0 Å². The van der Waals surface area contributed by atoms with Gasteiger partial charge in [-0.05, 0) is 38.1 Å². The van der Waals surface area contributed by atoms with Crippen molar-refractivity contribution in [2.24, 2.45) is 0 Å². The molecule has 0 aliphatic carbocycles. The quantitative estimate of drug-likeness (QED) is 0.390. The number of nitrogens with zero attached hydrogens (tertiary/aromatic N) is 2. The van der Waals surface area contributed by atoms with Crippen LogP contribution in [0.1, 0.15) is 29.8 Å². The molecule has 1 aliphatic rings. The molecule has 0 atom stereocenters. The highest BCUT2D eigenvalue weighted by Gasteiger charge is 2.16. The minimum Gasteiger partial charge on any atom is -0.506 e. The molecule has 6 heteroatoms. The molecule has 2 aromatic carbocycles. The summed E-state index contributed by atoms with van der Waals surface area (Å²) < 4.78 is 0. The summed E-state index contributed by atoms with van der Waals surface area (Å²) in [4.78, 5) is 4.46. The van der Waals surface area contributed by atoms with E-state index < -0.39 is 0 Å². The van der Waals surface area contributed by atoms with E-state index in [-0.39, 0.29) is 11.3 Å².